The first-order valence-electron chi connectivity index (χ1n) is 7.79. The molecule has 4 nitrogen and oxygen atoms in total. The van der Waals surface area contributed by atoms with Crippen LogP contribution in [0.2, 0.25) is 0 Å². The molecule has 5 heteroatoms. The van der Waals surface area contributed by atoms with E-state index in [0.29, 0.717) is 19.5 Å². The maximum Gasteiger partial charge on any atom is 0.251 e. The van der Waals surface area contributed by atoms with E-state index in [9.17, 15) is 9.90 Å². The lowest BCUT2D eigenvalue weighted by atomic mass is 10.1. The van der Waals surface area contributed by atoms with Gasteiger partial charge in [-0.1, -0.05) is 17.7 Å². The molecule has 0 bridgehead atoms. The SMILES string of the molecule is CSCC[C@H](O)C(=O)N1CCC(Oc2ccc(C)cc2)CC1. The van der Waals surface area contributed by atoms with E-state index in [1.165, 1.54) is 5.56 Å². The number of benzene rings is 1. The van der Waals surface area contributed by atoms with Crippen molar-refractivity contribution < 1.29 is 14.6 Å². The van der Waals surface area contributed by atoms with E-state index in [-0.39, 0.29) is 12.0 Å². The van der Waals surface area contributed by atoms with Crippen molar-refractivity contribution in [2.24, 2.45) is 0 Å². The smallest absolute Gasteiger partial charge is 0.251 e. The molecule has 22 heavy (non-hydrogen) atoms. The molecule has 1 atom stereocenters. The molecule has 1 saturated heterocycles. The minimum atomic E-state index is -0.859. The lowest BCUT2D eigenvalue weighted by Gasteiger charge is -2.33. The average Bonchev–Trinajstić information content (AvgIpc) is 2.55. The Bertz CT molecular complexity index is 469. The minimum Gasteiger partial charge on any atom is -0.490 e. The number of carbonyl (C=O) groups excluding carboxylic acids is 1. The quantitative estimate of drug-likeness (QED) is 0.874. The number of amides is 1. The van der Waals surface area contributed by atoms with E-state index in [4.69, 9.17) is 4.74 Å². The predicted molar refractivity (Wildman–Crippen MR) is 90.4 cm³/mol. The van der Waals surface area contributed by atoms with Gasteiger partial charge in [-0.05, 0) is 37.5 Å². The number of aryl methyl sites for hydroxylation is 1. The van der Waals surface area contributed by atoms with E-state index < -0.39 is 6.10 Å². The van der Waals surface area contributed by atoms with Crippen LogP contribution < -0.4 is 4.74 Å². The minimum absolute atomic E-state index is 0.136. The summed E-state index contributed by atoms with van der Waals surface area (Å²) in [5, 5.41) is 9.89. The molecular formula is C17H25NO3S. The standard InChI is InChI=1S/C17H25NO3S/c1-13-3-5-14(6-4-13)21-15-7-10-18(11-8-15)17(20)16(19)9-12-22-2/h3-6,15-16,19H,7-12H2,1-2H3/t16-/m0/s1. The monoisotopic (exact) mass is 323 g/mol. The Kier molecular flexibility index (Phi) is 6.58. The molecule has 122 valence electrons. The number of nitrogens with zero attached hydrogens (tertiary/aromatic N) is 1. The van der Waals surface area contributed by atoms with Gasteiger partial charge in [0, 0.05) is 25.9 Å². The Morgan fingerprint density at radius 3 is 2.59 bits per heavy atom. The van der Waals surface area contributed by atoms with Crippen molar-refractivity contribution >= 4 is 17.7 Å². The summed E-state index contributed by atoms with van der Waals surface area (Å²) < 4.78 is 5.96. The van der Waals surface area contributed by atoms with Crippen molar-refractivity contribution in [3.63, 3.8) is 0 Å². The first-order valence-corrected chi connectivity index (χ1v) is 9.18. The number of piperidine rings is 1. The fraction of sp³-hybridized carbons (Fsp3) is 0.588. The Morgan fingerprint density at radius 2 is 2.00 bits per heavy atom. The molecule has 1 heterocycles. The van der Waals surface area contributed by atoms with Gasteiger partial charge in [-0.25, -0.2) is 0 Å². The van der Waals surface area contributed by atoms with Gasteiger partial charge in [-0.3, -0.25) is 4.79 Å². The van der Waals surface area contributed by atoms with Crippen molar-refractivity contribution in [2.75, 3.05) is 25.1 Å². The molecule has 1 aromatic rings. The molecule has 0 aliphatic carbocycles. The van der Waals surface area contributed by atoms with Crippen LogP contribution in [0.25, 0.3) is 0 Å². The fourth-order valence-electron chi connectivity index (χ4n) is 2.57. The van der Waals surface area contributed by atoms with Gasteiger partial charge < -0.3 is 14.7 Å². The van der Waals surface area contributed by atoms with Gasteiger partial charge in [0.05, 0.1) is 0 Å². The van der Waals surface area contributed by atoms with E-state index in [1.54, 1.807) is 16.7 Å². The van der Waals surface area contributed by atoms with E-state index >= 15 is 0 Å². The van der Waals surface area contributed by atoms with Crippen LogP contribution >= 0.6 is 11.8 Å². The van der Waals surface area contributed by atoms with Crippen LogP contribution in [-0.2, 0) is 4.79 Å². The van der Waals surface area contributed by atoms with Crippen LogP contribution in [0.5, 0.6) is 5.75 Å². The van der Waals surface area contributed by atoms with E-state index in [2.05, 4.69) is 6.92 Å². The number of aliphatic hydroxyl groups is 1. The first-order chi connectivity index (χ1) is 10.6. The molecule has 1 amide bonds. The molecule has 1 N–H and O–H groups in total. The first kappa shape index (κ1) is 17.2. The highest BCUT2D eigenvalue weighted by Gasteiger charge is 2.27. The summed E-state index contributed by atoms with van der Waals surface area (Å²) in [4.78, 5) is 13.9. The average molecular weight is 323 g/mol. The van der Waals surface area contributed by atoms with Crippen molar-refractivity contribution in [2.45, 2.75) is 38.4 Å². The van der Waals surface area contributed by atoms with Gasteiger partial charge >= 0.3 is 0 Å². The normalized spacial score (nSPS) is 17.3. The van der Waals surface area contributed by atoms with Crippen LogP contribution in [0.1, 0.15) is 24.8 Å². The number of likely N-dealkylation sites (tertiary alicyclic amines) is 1. The maximum absolute atomic E-state index is 12.1. The third-order valence-electron chi connectivity index (χ3n) is 3.96. The highest BCUT2D eigenvalue weighted by Crippen LogP contribution is 2.20. The summed E-state index contributed by atoms with van der Waals surface area (Å²) in [5.74, 6) is 1.55. The van der Waals surface area contributed by atoms with E-state index in [1.807, 2.05) is 30.5 Å². The van der Waals surface area contributed by atoms with Crippen LogP contribution in [0.15, 0.2) is 24.3 Å². The number of rotatable bonds is 6. The number of thioether (sulfide) groups is 1. The zero-order valence-corrected chi connectivity index (χ0v) is 14.1. The molecule has 0 saturated carbocycles. The highest BCUT2D eigenvalue weighted by atomic mass is 32.2. The van der Waals surface area contributed by atoms with Crippen LogP contribution in [0.3, 0.4) is 0 Å². The summed E-state index contributed by atoms with van der Waals surface area (Å²) in [5.41, 5.74) is 1.21. The van der Waals surface area contributed by atoms with Gasteiger partial charge in [0.15, 0.2) is 0 Å². The fourth-order valence-corrected chi connectivity index (χ4v) is 3.03. The summed E-state index contributed by atoms with van der Waals surface area (Å²) in [6.45, 7) is 3.37. The number of ether oxygens (including phenoxy) is 1. The summed E-state index contributed by atoms with van der Waals surface area (Å²) in [7, 11) is 0. The van der Waals surface area contributed by atoms with Crippen molar-refractivity contribution in [1.29, 1.82) is 0 Å². The van der Waals surface area contributed by atoms with Gasteiger partial charge in [-0.2, -0.15) is 11.8 Å². The lowest BCUT2D eigenvalue weighted by Crippen LogP contribution is -2.46. The van der Waals surface area contributed by atoms with Crippen LogP contribution in [-0.4, -0.2) is 53.2 Å². The molecule has 0 spiro atoms. The van der Waals surface area contributed by atoms with Crippen LogP contribution in [0.4, 0.5) is 0 Å². The second-order valence-electron chi connectivity index (χ2n) is 5.75. The van der Waals surface area contributed by atoms with Gasteiger partial charge in [-0.15, -0.1) is 0 Å². The van der Waals surface area contributed by atoms with Gasteiger partial charge in [0.1, 0.15) is 18.0 Å². The largest absolute Gasteiger partial charge is 0.490 e. The molecule has 0 unspecified atom stereocenters. The maximum atomic E-state index is 12.1. The van der Waals surface area contributed by atoms with Crippen LogP contribution in [0, 0.1) is 6.92 Å². The molecule has 0 aromatic heterocycles. The lowest BCUT2D eigenvalue weighted by molar-refractivity contribution is -0.142. The Morgan fingerprint density at radius 1 is 1.36 bits per heavy atom. The van der Waals surface area contributed by atoms with Crippen molar-refractivity contribution in [1.82, 2.24) is 4.90 Å². The highest BCUT2D eigenvalue weighted by molar-refractivity contribution is 7.98. The predicted octanol–water partition coefficient (Wildman–Crippen LogP) is 2.48. The third kappa shape index (κ3) is 4.92. The Labute approximate surface area is 136 Å². The second kappa shape index (κ2) is 8.44. The van der Waals surface area contributed by atoms with Gasteiger partial charge in [0.25, 0.3) is 5.91 Å². The molecule has 1 aromatic carbocycles. The number of hydrogen-bond donors (Lipinski definition) is 1. The zero-order valence-electron chi connectivity index (χ0n) is 13.3. The third-order valence-corrected chi connectivity index (χ3v) is 4.60. The molecular weight excluding hydrogens is 298 g/mol. The number of carbonyl (C=O) groups is 1. The number of hydrogen-bond acceptors (Lipinski definition) is 4. The van der Waals surface area contributed by atoms with Crippen molar-refractivity contribution in [3.05, 3.63) is 29.8 Å². The second-order valence-corrected chi connectivity index (χ2v) is 6.74. The van der Waals surface area contributed by atoms with Gasteiger partial charge in [0.2, 0.25) is 0 Å². The molecule has 1 aliphatic heterocycles. The molecule has 2 rings (SSSR count). The summed E-state index contributed by atoms with van der Waals surface area (Å²) >= 11 is 1.65. The van der Waals surface area contributed by atoms with Crippen molar-refractivity contribution in [3.8, 4) is 5.75 Å². The Balaban J connectivity index is 1.77. The molecule has 1 aliphatic rings. The Hall–Kier alpha value is -1.20. The summed E-state index contributed by atoms with van der Waals surface area (Å²) in [6, 6.07) is 8.05. The zero-order chi connectivity index (χ0) is 15.9. The molecule has 1 fully saturated rings. The topological polar surface area (TPSA) is 49.8 Å². The van der Waals surface area contributed by atoms with E-state index in [0.717, 1.165) is 24.3 Å². The molecule has 0 radical (unpaired) electrons. The number of aliphatic hydroxyl groups excluding tert-OH is 1. The summed E-state index contributed by atoms with van der Waals surface area (Å²) in [6.07, 6.45) is 3.42.